The lowest BCUT2D eigenvalue weighted by molar-refractivity contribution is -0.141. The number of thioether (sulfide) groups is 1. The zero-order chi connectivity index (χ0) is 15.5. The fraction of sp³-hybridized carbons (Fsp3) is 0.562. The fourth-order valence-corrected chi connectivity index (χ4v) is 3.72. The van der Waals surface area contributed by atoms with E-state index in [-0.39, 0.29) is 23.2 Å². The fourth-order valence-electron chi connectivity index (χ4n) is 2.30. The number of benzene rings is 1. The first kappa shape index (κ1) is 16.3. The lowest BCUT2D eigenvalue weighted by atomic mass is 10.1. The molecule has 0 saturated heterocycles. The van der Waals surface area contributed by atoms with Crippen molar-refractivity contribution in [3.05, 3.63) is 29.6 Å². The van der Waals surface area contributed by atoms with Crippen LogP contribution < -0.4 is 5.32 Å². The van der Waals surface area contributed by atoms with Gasteiger partial charge < -0.3 is 10.1 Å². The molecule has 1 aliphatic carbocycles. The topological polar surface area (TPSA) is 38.3 Å². The Morgan fingerprint density at radius 1 is 1.52 bits per heavy atom. The Kier molecular flexibility index (Phi) is 5.27. The Bertz CT molecular complexity index is 517. The maximum Gasteiger partial charge on any atom is 0.306 e. The molecule has 1 atom stereocenters. The van der Waals surface area contributed by atoms with Gasteiger partial charge in [-0.15, -0.1) is 11.8 Å². The van der Waals surface area contributed by atoms with Crippen LogP contribution >= 0.6 is 11.8 Å². The third-order valence-electron chi connectivity index (χ3n) is 4.11. The smallest absolute Gasteiger partial charge is 0.306 e. The summed E-state index contributed by atoms with van der Waals surface area (Å²) >= 11 is 1.71. The van der Waals surface area contributed by atoms with Crippen LogP contribution in [0.4, 0.5) is 4.39 Å². The summed E-state index contributed by atoms with van der Waals surface area (Å²) in [4.78, 5) is 12.5. The molecule has 0 amide bonds. The molecule has 116 valence electrons. The van der Waals surface area contributed by atoms with Crippen molar-refractivity contribution in [3.8, 4) is 0 Å². The highest BCUT2D eigenvalue weighted by Gasteiger charge is 2.44. The van der Waals surface area contributed by atoms with Crippen LogP contribution in [0.1, 0.15) is 37.8 Å². The Morgan fingerprint density at radius 3 is 2.81 bits per heavy atom. The molecule has 1 N–H and O–H groups in total. The summed E-state index contributed by atoms with van der Waals surface area (Å²) < 4.78 is 18.2. The van der Waals surface area contributed by atoms with E-state index in [1.807, 2.05) is 20.0 Å². The highest BCUT2D eigenvalue weighted by Crippen LogP contribution is 2.52. The third kappa shape index (κ3) is 4.20. The largest absolute Gasteiger partial charge is 0.469 e. The molecule has 0 radical (unpaired) electrons. The van der Waals surface area contributed by atoms with E-state index in [9.17, 15) is 9.18 Å². The molecule has 0 heterocycles. The molecule has 1 unspecified atom stereocenters. The normalized spacial score (nSPS) is 17.3. The standard InChI is InChI=1S/C16H22FNO2S/c1-11(18-2)13-8-12(17)4-5-14(13)21-10-16(6-7-16)9-15(19)20-3/h4-5,8,11,18H,6-7,9-10H2,1-3H3. The second kappa shape index (κ2) is 6.79. The molecular formula is C16H22FNO2S. The van der Waals surface area contributed by atoms with Crippen LogP contribution in [0, 0.1) is 11.2 Å². The van der Waals surface area contributed by atoms with Gasteiger partial charge in [-0.1, -0.05) is 0 Å². The van der Waals surface area contributed by atoms with Crippen LogP contribution in [0.25, 0.3) is 0 Å². The number of esters is 1. The van der Waals surface area contributed by atoms with Crippen LogP contribution in [0.2, 0.25) is 0 Å². The number of rotatable bonds is 7. The summed E-state index contributed by atoms with van der Waals surface area (Å²) in [6.45, 7) is 2.01. The Hall–Kier alpha value is -1.07. The van der Waals surface area contributed by atoms with Crippen molar-refractivity contribution in [2.45, 2.75) is 37.1 Å². The molecule has 0 spiro atoms. The molecule has 5 heteroatoms. The number of carbonyl (C=O) groups is 1. The van der Waals surface area contributed by atoms with Crippen molar-refractivity contribution in [2.24, 2.45) is 5.41 Å². The number of hydrogen-bond acceptors (Lipinski definition) is 4. The summed E-state index contributed by atoms with van der Waals surface area (Å²) in [5.74, 6) is 0.514. The van der Waals surface area contributed by atoms with E-state index in [2.05, 4.69) is 5.32 Å². The van der Waals surface area contributed by atoms with E-state index < -0.39 is 0 Å². The number of ether oxygens (including phenoxy) is 1. The molecule has 21 heavy (non-hydrogen) atoms. The molecule has 2 rings (SSSR count). The first-order valence-electron chi connectivity index (χ1n) is 7.16. The third-order valence-corrected chi connectivity index (χ3v) is 5.55. The summed E-state index contributed by atoms with van der Waals surface area (Å²) in [6.07, 6.45) is 2.61. The second-order valence-electron chi connectivity index (χ2n) is 5.73. The molecule has 1 fully saturated rings. The lowest BCUT2D eigenvalue weighted by Gasteiger charge is -2.18. The van der Waals surface area contributed by atoms with Crippen molar-refractivity contribution >= 4 is 17.7 Å². The van der Waals surface area contributed by atoms with Crippen molar-refractivity contribution in [3.63, 3.8) is 0 Å². The van der Waals surface area contributed by atoms with Crippen molar-refractivity contribution < 1.29 is 13.9 Å². The molecule has 1 saturated carbocycles. The van der Waals surface area contributed by atoms with Crippen LogP contribution in [0.5, 0.6) is 0 Å². The van der Waals surface area contributed by atoms with E-state index in [1.54, 1.807) is 17.8 Å². The molecule has 1 aliphatic rings. The van der Waals surface area contributed by atoms with Gasteiger partial charge in [0.15, 0.2) is 0 Å². The quantitative estimate of drug-likeness (QED) is 0.617. The van der Waals surface area contributed by atoms with Gasteiger partial charge >= 0.3 is 5.97 Å². The predicted octanol–water partition coefficient (Wildman–Crippen LogP) is 3.54. The van der Waals surface area contributed by atoms with E-state index in [1.165, 1.54) is 13.2 Å². The van der Waals surface area contributed by atoms with Gasteiger partial charge in [-0.05, 0) is 56.0 Å². The SMILES string of the molecule is CNC(C)c1cc(F)ccc1SCC1(CC(=O)OC)CC1. The molecular weight excluding hydrogens is 289 g/mol. The maximum absolute atomic E-state index is 13.5. The van der Waals surface area contributed by atoms with Gasteiger partial charge in [0.05, 0.1) is 13.5 Å². The first-order valence-corrected chi connectivity index (χ1v) is 8.14. The average molecular weight is 311 g/mol. The highest BCUT2D eigenvalue weighted by atomic mass is 32.2. The van der Waals surface area contributed by atoms with Gasteiger partial charge in [-0.2, -0.15) is 0 Å². The zero-order valence-electron chi connectivity index (χ0n) is 12.7. The minimum absolute atomic E-state index is 0.0757. The average Bonchev–Trinajstić information content (AvgIpc) is 3.24. The van der Waals surface area contributed by atoms with Crippen LogP contribution in [-0.2, 0) is 9.53 Å². The number of nitrogens with one attached hydrogen (secondary N) is 1. The van der Waals surface area contributed by atoms with E-state index in [0.29, 0.717) is 6.42 Å². The van der Waals surface area contributed by atoms with Gasteiger partial charge in [0.2, 0.25) is 0 Å². The Labute approximate surface area is 129 Å². The number of methoxy groups -OCH3 is 1. The van der Waals surface area contributed by atoms with E-state index in [0.717, 1.165) is 29.1 Å². The number of carbonyl (C=O) groups excluding carboxylic acids is 1. The van der Waals surface area contributed by atoms with Crippen molar-refractivity contribution in [2.75, 3.05) is 19.9 Å². The van der Waals surface area contributed by atoms with Crippen molar-refractivity contribution in [1.82, 2.24) is 5.32 Å². The van der Waals surface area contributed by atoms with E-state index >= 15 is 0 Å². The number of hydrogen-bond donors (Lipinski definition) is 1. The molecule has 1 aromatic rings. The summed E-state index contributed by atoms with van der Waals surface area (Å²) in [5.41, 5.74) is 1.04. The van der Waals surface area contributed by atoms with Crippen molar-refractivity contribution in [1.29, 1.82) is 0 Å². The van der Waals surface area contributed by atoms with E-state index in [4.69, 9.17) is 4.74 Å². The second-order valence-corrected chi connectivity index (χ2v) is 6.75. The van der Waals surface area contributed by atoms with Gasteiger partial charge in [0.25, 0.3) is 0 Å². The van der Waals surface area contributed by atoms with Crippen LogP contribution in [0.3, 0.4) is 0 Å². The highest BCUT2D eigenvalue weighted by molar-refractivity contribution is 7.99. The zero-order valence-corrected chi connectivity index (χ0v) is 13.6. The van der Waals surface area contributed by atoms with Crippen LogP contribution in [-0.4, -0.2) is 25.9 Å². The van der Waals surface area contributed by atoms with Gasteiger partial charge in [0.1, 0.15) is 5.82 Å². The molecule has 0 aliphatic heterocycles. The molecule has 0 aromatic heterocycles. The van der Waals surface area contributed by atoms with Gasteiger partial charge in [-0.25, -0.2) is 4.39 Å². The Morgan fingerprint density at radius 2 is 2.24 bits per heavy atom. The molecule has 1 aromatic carbocycles. The molecule has 0 bridgehead atoms. The Balaban J connectivity index is 2.05. The maximum atomic E-state index is 13.5. The minimum atomic E-state index is -0.216. The van der Waals surface area contributed by atoms with Gasteiger partial charge in [-0.3, -0.25) is 4.79 Å². The monoisotopic (exact) mass is 311 g/mol. The minimum Gasteiger partial charge on any atom is -0.469 e. The lowest BCUT2D eigenvalue weighted by Crippen LogP contribution is -2.15. The van der Waals surface area contributed by atoms with Gasteiger partial charge in [0, 0.05) is 16.7 Å². The predicted molar refractivity (Wildman–Crippen MR) is 82.9 cm³/mol. The van der Waals surface area contributed by atoms with Crippen LogP contribution in [0.15, 0.2) is 23.1 Å². The number of halogens is 1. The molecule has 3 nitrogen and oxygen atoms in total. The summed E-state index contributed by atoms with van der Waals surface area (Å²) in [5, 5.41) is 3.15. The summed E-state index contributed by atoms with van der Waals surface area (Å²) in [7, 11) is 3.29. The first-order chi connectivity index (χ1) is 9.99. The summed E-state index contributed by atoms with van der Waals surface area (Å²) in [6, 6.07) is 5.01.